The van der Waals surface area contributed by atoms with Crippen LogP contribution >= 0.6 is 0 Å². The number of ether oxygens (including phenoxy) is 2. The molecule has 3 aromatic rings. The molecule has 1 aromatic heterocycles. The van der Waals surface area contributed by atoms with Gasteiger partial charge in [0.1, 0.15) is 0 Å². The quantitative estimate of drug-likeness (QED) is 0.549. The van der Waals surface area contributed by atoms with Gasteiger partial charge in [-0.25, -0.2) is 13.1 Å². The first kappa shape index (κ1) is 22.8. The van der Waals surface area contributed by atoms with Gasteiger partial charge in [-0.05, 0) is 29.8 Å². The van der Waals surface area contributed by atoms with E-state index in [1.807, 2.05) is 48.7 Å². The third kappa shape index (κ3) is 4.71. The van der Waals surface area contributed by atoms with E-state index >= 15 is 0 Å². The molecule has 2 heterocycles. The van der Waals surface area contributed by atoms with E-state index in [2.05, 4.69) is 5.10 Å². The Morgan fingerprint density at radius 3 is 2.21 bits per heavy atom. The first-order chi connectivity index (χ1) is 15.8. The van der Waals surface area contributed by atoms with Crippen molar-refractivity contribution in [2.24, 2.45) is 0 Å². The van der Waals surface area contributed by atoms with Crippen molar-refractivity contribution in [3.8, 4) is 28.3 Å². The number of nitrogens with zero attached hydrogens (tertiary/aromatic N) is 4. The molecule has 33 heavy (non-hydrogen) atoms. The Kier molecular flexibility index (Phi) is 6.39. The van der Waals surface area contributed by atoms with Crippen molar-refractivity contribution in [1.29, 1.82) is 0 Å². The maximum Gasteiger partial charge on any atom is 0.275 e. The van der Waals surface area contributed by atoms with Crippen molar-refractivity contribution >= 4 is 15.9 Å². The molecular weight excluding hydrogens is 444 g/mol. The largest absolute Gasteiger partial charge is 0.493 e. The van der Waals surface area contributed by atoms with Crippen molar-refractivity contribution in [1.82, 2.24) is 19.0 Å². The molecule has 10 heteroatoms. The van der Waals surface area contributed by atoms with Gasteiger partial charge in [0, 0.05) is 37.9 Å². The number of piperazine rings is 1. The molecule has 4 rings (SSSR count). The van der Waals surface area contributed by atoms with E-state index in [4.69, 9.17) is 9.47 Å². The van der Waals surface area contributed by atoms with Crippen molar-refractivity contribution < 1.29 is 22.7 Å². The van der Waals surface area contributed by atoms with Gasteiger partial charge in [-0.2, -0.15) is 9.40 Å². The summed E-state index contributed by atoms with van der Waals surface area (Å²) >= 11 is 0. The second kappa shape index (κ2) is 9.24. The predicted molar refractivity (Wildman–Crippen MR) is 124 cm³/mol. The second-order valence-corrected chi connectivity index (χ2v) is 9.68. The van der Waals surface area contributed by atoms with Crippen LogP contribution in [-0.2, 0) is 10.0 Å². The maximum atomic E-state index is 13.5. The monoisotopic (exact) mass is 470 g/mol. The summed E-state index contributed by atoms with van der Waals surface area (Å²) < 4.78 is 37.5. The molecule has 1 aliphatic heterocycles. The SMILES string of the molecule is COc1ccc(-c2cn(-c3ccccc3)nc2C(=O)N2CCN(S(C)(=O)=O)CC2)cc1OC. The summed E-state index contributed by atoms with van der Waals surface area (Å²) in [7, 11) is -0.164. The van der Waals surface area contributed by atoms with E-state index in [-0.39, 0.29) is 19.0 Å². The van der Waals surface area contributed by atoms with Crippen LogP contribution in [-0.4, -0.2) is 80.0 Å². The molecule has 0 aliphatic carbocycles. The predicted octanol–water partition coefficient (Wildman–Crippen LogP) is 2.27. The zero-order chi connectivity index (χ0) is 23.6. The molecule has 0 radical (unpaired) electrons. The third-order valence-corrected chi connectivity index (χ3v) is 6.93. The molecule has 0 N–H and O–H groups in total. The van der Waals surface area contributed by atoms with Crippen LogP contribution in [0.3, 0.4) is 0 Å². The molecule has 174 valence electrons. The Morgan fingerprint density at radius 1 is 0.939 bits per heavy atom. The summed E-state index contributed by atoms with van der Waals surface area (Å²) in [5.41, 5.74) is 2.52. The van der Waals surface area contributed by atoms with Crippen LogP contribution in [0.25, 0.3) is 16.8 Å². The van der Waals surface area contributed by atoms with Gasteiger partial charge in [0.15, 0.2) is 17.2 Å². The van der Waals surface area contributed by atoms with Gasteiger partial charge in [0.2, 0.25) is 10.0 Å². The van der Waals surface area contributed by atoms with Gasteiger partial charge in [-0.1, -0.05) is 24.3 Å². The number of amides is 1. The lowest BCUT2D eigenvalue weighted by atomic mass is 10.0. The van der Waals surface area contributed by atoms with Crippen molar-refractivity contribution in [2.75, 3.05) is 46.7 Å². The summed E-state index contributed by atoms with van der Waals surface area (Å²) in [6.45, 7) is 1.12. The number of sulfonamides is 1. The van der Waals surface area contributed by atoms with Crippen LogP contribution in [0.4, 0.5) is 0 Å². The van der Waals surface area contributed by atoms with Crippen LogP contribution in [0.5, 0.6) is 11.5 Å². The highest BCUT2D eigenvalue weighted by Crippen LogP contribution is 2.34. The highest BCUT2D eigenvalue weighted by Gasteiger charge is 2.30. The second-order valence-electron chi connectivity index (χ2n) is 7.70. The van der Waals surface area contributed by atoms with E-state index in [0.29, 0.717) is 35.8 Å². The molecule has 0 saturated carbocycles. The van der Waals surface area contributed by atoms with E-state index in [1.54, 1.807) is 29.9 Å². The fourth-order valence-corrected chi connectivity index (χ4v) is 4.66. The normalized spacial score (nSPS) is 14.8. The average Bonchev–Trinajstić information content (AvgIpc) is 3.28. The number of rotatable bonds is 6. The maximum absolute atomic E-state index is 13.5. The number of hydrogen-bond donors (Lipinski definition) is 0. The van der Waals surface area contributed by atoms with E-state index in [1.165, 1.54) is 10.6 Å². The van der Waals surface area contributed by atoms with E-state index in [9.17, 15) is 13.2 Å². The average molecular weight is 471 g/mol. The Labute approximate surface area is 193 Å². The lowest BCUT2D eigenvalue weighted by Crippen LogP contribution is -2.50. The Morgan fingerprint density at radius 2 is 1.61 bits per heavy atom. The zero-order valence-corrected chi connectivity index (χ0v) is 19.6. The summed E-state index contributed by atoms with van der Waals surface area (Å²) in [4.78, 5) is 15.1. The van der Waals surface area contributed by atoms with Gasteiger partial charge >= 0.3 is 0 Å². The third-order valence-electron chi connectivity index (χ3n) is 5.63. The standard InChI is InChI=1S/C23H26N4O5S/c1-31-20-10-9-17(15-21(20)32-2)19-16-27(18-7-5-4-6-8-18)24-22(19)23(28)25-11-13-26(14-12-25)33(3,29)30/h4-10,15-16H,11-14H2,1-3H3. The number of methoxy groups -OCH3 is 2. The molecule has 1 amide bonds. The van der Waals surface area contributed by atoms with Gasteiger partial charge in [0.25, 0.3) is 5.91 Å². The minimum Gasteiger partial charge on any atom is -0.493 e. The fraction of sp³-hybridized carbons (Fsp3) is 0.304. The smallest absolute Gasteiger partial charge is 0.275 e. The molecule has 0 unspecified atom stereocenters. The summed E-state index contributed by atoms with van der Waals surface area (Å²) in [5.74, 6) is 0.881. The fourth-order valence-electron chi connectivity index (χ4n) is 3.83. The Bertz CT molecular complexity index is 1250. The first-order valence-electron chi connectivity index (χ1n) is 10.4. The molecule has 0 bridgehead atoms. The number of aromatic nitrogens is 2. The summed E-state index contributed by atoms with van der Waals surface area (Å²) in [6, 6.07) is 15.0. The van der Waals surface area contributed by atoms with Gasteiger partial charge in [-0.3, -0.25) is 4.79 Å². The summed E-state index contributed by atoms with van der Waals surface area (Å²) in [5, 5.41) is 4.62. The van der Waals surface area contributed by atoms with Gasteiger partial charge in [0.05, 0.1) is 26.2 Å². The van der Waals surface area contributed by atoms with Crippen LogP contribution < -0.4 is 9.47 Å². The van der Waals surface area contributed by atoms with Crippen molar-refractivity contribution in [3.63, 3.8) is 0 Å². The van der Waals surface area contributed by atoms with E-state index < -0.39 is 10.0 Å². The number of benzene rings is 2. The lowest BCUT2D eigenvalue weighted by molar-refractivity contribution is 0.0692. The molecule has 0 atom stereocenters. The molecule has 1 saturated heterocycles. The number of para-hydroxylation sites is 1. The van der Waals surface area contributed by atoms with Gasteiger partial charge in [-0.15, -0.1) is 0 Å². The van der Waals surface area contributed by atoms with Crippen molar-refractivity contribution in [2.45, 2.75) is 0 Å². The van der Waals surface area contributed by atoms with Crippen LogP contribution in [0, 0.1) is 0 Å². The highest BCUT2D eigenvalue weighted by atomic mass is 32.2. The molecular formula is C23H26N4O5S. The topological polar surface area (TPSA) is 94.0 Å². The van der Waals surface area contributed by atoms with Crippen LogP contribution in [0.2, 0.25) is 0 Å². The Hall–Kier alpha value is -3.37. The number of carbonyl (C=O) groups is 1. The molecule has 1 fully saturated rings. The highest BCUT2D eigenvalue weighted by molar-refractivity contribution is 7.88. The van der Waals surface area contributed by atoms with Crippen LogP contribution in [0.15, 0.2) is 54.7 Å². The van der Waals surface area contributed by atoms with E-state index in [0.717, 1.165) is 11.3 Å². The summed E-state index contributed by atoms with van der Waals surface area (Å²) in [6.07, 6.45) is 3.00. The molecule has 9 nitrogen and oxygen atoms in total. The zero-order valence-electron chi connectivity index (χ0n) is 18.8. The van der Waals surface area contributed by atoms with Crippen molar-refractivity contribution in [3.05, 3.63) is 60.4 Å². The number of carbonyl (C=O) groups excluding carboxylic acids is 1. The van der Waals surface area contributed by atoms with Gasteiger partial charge < -0.3 is 14.4 Å². The minimum absolute atomic E-state index is 0.248. The number of hydrogen-bond acceptors (Lipinski definition) is 6. The minimum atomic E-state index is -3.29. The van der Waals surface area contributed by atoms with Crippen LogP contribution in [0.1, 0.15) is 10.5 Å². The molecule has 1 aliphatic rings. The molecule has 2 aromatic carbocycles. The first-order valence-corrected chi connectivity index (χ1v) is 12.3. The Balaban J connectivity index is 1.73. The lowest BCUT2D eigenvalue weighted by Gasteiger charge is -2.33. The molecule has 0 spiro atoms.